The number of aromatic amines is 1. The molecule has 3 N–H and O–H groups in total. The van der Waals surface area contributed by atoms with Crippen LogP contribution in [0.4, 0.5) is 0 Å². The smallest absolute Gasteiger partial charge is 0.253 e. The molecule has 1 aromatic heterocycles. The van der Waals surface area contributed by atoms with Crippen LogP contribution >= 0.6 is 15.9 Å². The Morgan fingerprint density at radius 2 is 1.82 bits per heavy atom. The van der Waals surface area contributed by atoms with Crippen LogP contribution in [0.3, 0.4) is 0 Å². The summed E-state index contributed by atoms with van der Waals surface area (Å²) in [6, 6.07) is 4.23. The number of carbonyl (C=O) groups excluding carboxylic acids is 1. The van der Waals surface area contributed by atoms with Crippen LogP contribution in [0.2, 0.25) is 0 Å². The van der Waals surface area contributed by atoms with E-state index in [1.165, 1.54) is 0 Å². The highest BCUT2D eigenvalue weighted by Gasteiger charge is 2.47. The molecule has 2 aliphatic rings. The molecule has 34 heavy (non-hydrogen) atoms. The summed E-state index contributed by atoms with van der Waals surface area (Å²) < 4.78 is 13.5. The van der Waals surface area contributed by atoms with E-state index < -0.39 is 5.79 Å². The Kier molecular flexibility index (Phi) is 7.10. The summed E-state index contributed by atoms with van der Waals surface area (Å²) in [6.45, 7) is 10.9. The quantitative estimate of drug-likeness (QED) is 0.504. The van der Waals surface area contributed by atoms with Gasteiger partial charge in [0.25, 0.3) is 17.3 Å². The summed E-state index contributed by atoms with van der Waals surface area (Å²) in [5.41, 5.74) is 3.25. The molecule has 1 aromatic carbocycles. The highest BCUT2D eigenvalue weighted by Crippen LogP contribution is 2.51. The number of fused-ring (bicyclic) bond motifs is 1. The molecule has 4 rings (SSSR count). The van der Waals surface area contributed by atoms with Crippen molar-refractivity contribution in [1.29, 1.82) is 0 Å². The summed E-state index contributed by atoms with van der Waals surface area (Å²) in [6.07, 6.45) is 4.25. The third-order valence-corrected chi connectivity index (χ3v) is 7.76. The fourth-order valence-corrected chi connectivity index (χ4v) is 5.71. The Labute approximate surface area is 209 Å². The zero-order valence-corrected chi connectivity index (χ0v) is 22.1. The molecule has 0 bridgehead atoms. The van der Waals surface area contributed by atoms with Gasteiger partial charge in [-0.15, -0.1) is 0 Å². The third-order valence-electron chi connectivity index (χ3n) is 7.17. The third kappa shape index (κ3) is 4.75. The number of hydrogen-bond acceptors (Lipinski definition) is 5. The lowest BCUT2D eigenvalue weighted by atomic mass is 9.81. The van der Waals surface area contributed by atoms with Gasteiger partial charge in [0, 0.05) is 47.8 Å². The molecule has 1 fully saturated rings. The second-order valence-corrected chi connectivity index (χ2v) is 10.5. The van der Waals surface area contributed by atoms with Gasteiger partial charge in [0.2, 0.25) is 0 Å². The maximum absolute atomic E-state index is 13.1. The second kappa shape index (κ2) is 9.74. The van der Waals surface area contributed by atoms with Crippen molar-refractivity contribution >= 4 is 21.8 Å². The van der Waals surface area contributed by atoms with Crippen LogP contribution in [-0.2, 0) is 6.54 Å². The lowest BCUT2D eigenvalue weighted by Gasteiger charge is -2.37. The number of nitrogens with one attached hydrogen (secondary N) is 3. The lowest BCUT2D eigenvalue weighted by Crippen LogP contribution is -2.46. The molecule has 1 aliphatic heterocycles. The number of halogens is 1. The van der Waals surface area contributed by atoms with E-state index in [1.54, 1.807) is 6.07 Å². The number of ether oxygens (including phenoxy) is 2. The van der Waals surface area contributed by atoms with E-state index >= 15 is 0 Å². The molecule has 0 saturated heterocycles. The first-order valence-corrected chi connectivity index (χ1v) is 12.8. The van der Waals surface area contributed by atoms with Crippen LogP contribution in [0.15, 0.2) is 21.4 Å². The van der Waals surface area contributed by atoms with Crippen molar-refractivity contribution in [3.63, 3.8) is 0 Å². The number of carbonyl (C=O) groups is 1. The summed E-state index contributed by atoms with van der Waals surface area (Å²) in [4.78, 5) is 28.2. The van der Waals surface area contributed by atoms with Crippen LogP contribution in [0.25, 0.3) is 0 Å². The van der Waals surface area contributed by atoms with E-state index in [-0.39, 0.29) is 23.9 Å². The van der Waals surface area contributed by atoms with E-state index in [2.05, 4.69) is 38.5 Å². The van der Waals surface area contributed by atoms with Crippen molar-refractivity contribution in [3.8, 4) is 11.5 Å². The molecule has 0 radical (unpaired) electrons. The van der Waals surface area contributed by atoms with Crippen molar-refractivity contribution in [2.24, 2.45) is 5.92 Å². The normalized spacial score (nSPS) is 23.7. The summed E-state index contributed by atoms with van der Waals surface area (Å²) in [5, 5.41) is 6.44. The minimum Gasteiger partial charge on any atom is -0.448 e. The number of benzene rings is 1. The molecule has 1 atom stereocenters. The number of hydrogen-bond donors (Lipinski definition) is 3. The van der Waals surface area contributed by atoms with Gasteiger partial charge in [-0.1, -0.05) is 6.92 Å². The van der Waals surface area contributed by atoms with Crippen LogP contribution in [0, 0.1) is 26.7 Å². The first-order valence-electron chi connectivity index (χ1n) is 12.0. The van der Waals surface area contributed by atoms with Crippen molar-refractivity contribution in [2.75, 3.05) is 6.54 Å². The summed E-state index contributed by atoms with van der Waals surface area (Å²) in [7, 11) is 0. The van der Waals surface area contributed by atoms with E-state index in [0.29, 0.717) is 33.1 Å². The zero-order chi connectivity index (χ0) is 24.6. The molecule has 1 saturated carbocycles. The van der Waals surface area contributed by atoms with E-state index in [9.17, 15) is 9.59 Å². The monoisotopic (exact) mass is 531 g/mol. The van der Waals surface area contributed by atoms with E-state index in [1.807, 2.05) is 33.8 Å². The molecular formula is C26H34BrN3O4. The van der Waals surface area contributed by atoms with Gasteiger partial charge >= 0.3 is 0 Å². The van der Waals surface area contributed by atoms with Crippen molar-refractivity contribution in [3.05, 3.63) is 54.9 Å². The SMILES string of the molecule is CCNC1CCC(C2(C)Oc3c(Br)cc(C(=O)NCc4c(C)cc(C)[nH]c4=O)c(C)c3O2)CC1. The number of rotatable bonds is 6. The molecular weight excluding hydrogens is 498 g/mol. The maximum atomic E-state index is 13.1. The minimum absolute atomic E-state index is 0.151. The first kappa shape index (κ1) is 24.8. The molecule has 1 aliphatic carbocycles. The Bertz CT molecular complexity index is 1150. The van der Waals surface area contributed by atoms with E-state index in [4.69, 9.17) is 9.47 Å². The Balaban J connectivity index is 1.51. The average Bonchev–Trinajstić information content (AvgIpc) is 3.16. The second-order valence-electron chi connectivity index (χ2n) is 9.64. The standard InChI is InChI=1S/C26H34BrN3O4/c1-6-28-18-9-7-17(8-10-18)26(5)33-22-16(4)19(12-21(27)23(22)34-26)24(31)29-13-20-14(2)11-15(3)30-25(20)32/h11-12,17-18,28H,6-10,13H2,1-5H3,(H,29,31)(H,30,32). The van der Waals surface area contributed by atoms with Crippen LogP contribution in [-0.4, -0.2) is 29.3 Å². The van der Waals surface area contributed by atoms with Gasteiger partial charge in [0.1, 0.15) is 0 Å². The number of H-pyrrole nitrogens is 1. The summed E-state index contributed by atoms with van der Waals surface area (Å²) in [5.74, 6) is 0.517. The fraction of sp³-hybridized carbons (Fsp3) is 0.538. The number of amides is 1. The Morgan fingerprint density at radius 1 is 1.15 bits per heavy atom. The molecule has 0 spiro atoms. The van der Waals surface area contributed by atoms with E-state index in [0.717, 1.165) is 49.0 Å². The average molecular weight is 532 g/mol. The molecule has 184 valence electrons. The van der Waals surface area contributed by atoms with Gasteiger partial charge in [0.15, 0.2) is 11.5 Å². The molecule has 1 amide bonds. The van der Waals surface area contributed by atoms with Crippen molar-refractivity contribution in [2.45, 2.75) is 78.7 Å². The minimum atomic E-state index is -0.756. The maximum Gasteiger partial charge on any atom is 0.253 e. The highest BCUT2D eigenvalue weighted by atomic mass is 79.9. The van der Waals surface area contributed by atoms with Crippen molar-refractivity contribution < 1.29 is 14.3 Å². The van der Waals surface area contributed by atoms with Crippen LogP contribution < -0.4 is 25.7 Å². The van der Waals surface area contributed by atoms with Gasteiger partial charge in [0.05, 0.1) is 4.47 Å². The lowest BCUT2D eigenvalue weighted by molar-refractivity contribution is -0.121. The van der Waals surface area contributed by atoms with Gasteiger partial charge in [-0.2, -0.15) is 0 Å². The van der Waals surface area contributed by atoms with Crippen LogP contribution in [0.1, 0.15) is 72.3 Å². The summed E-state index contributed by atoms with van der Waals surface area (Å²) >= 11 is 3.58. The number of pyridine rings is 1. The van der Waals surface area contributed by atoms with Crippen molar-refractivity contribution in [1.82, 2.24) is 15.6 Å². The fourth-order valence-electron chi connectivity index (χ4n) is 5.22. The molecule has 1 unspecified atom stereocenters. The topological polar surface area (TPSA) is 92.5 Å². The zero-order valence-electron chi connectivity index (χ0n) is 20.6. The number of aromatic nitrogens is 1. The van der Waals surface area contributed by atoms with Crippen LogP contribution in [0.5, 0.6) is 11.5 Å². The Hall–Kier alpha value is -2.32. The van der Waals surface area contributed by atoms with Gasteiger partial charge in [-0.25, -0.2) is 0 Å². The van der Waals surface area contributed by atoms with Gasteiger partial charge < -0.3 is 25.1 Å². The molecule has 7 nitrogen and oxygen atoms in total. The largest absolute Gasteiger partial charge is 0.448 e. The molecule has 2 heterocycles. The molecule has 2 aromatic rings. The van der Waals surface area contributed by atoms with Gasteiger partial charge in [-0.05, 0) is 86.6 Å². The predicted octanol–water partition coefficient (Wildman–Crippen LogP) is 4.65. The van der Waals surface area contributed by atoms with Gasteiger partial charge in [-0.3, -0.25) is 9.59 Å². The predicted molar refractivity (Wildman–Crippen MR) is 136 cm³/mol. The number of aryl methyl sites for hydroxylation is 2. The highest BCUT2D eigenvalue weighted by molar-refractivity contribution is 9.10. The molecule has 8 heteroatoms. The first-order chi connectivity index (χ1) is 16.1. The Morgan fingerprint density at radius 3 is 2.47 bits per heavy atom.